The highest BCUT2D eigenvalue weighted by molar-refractivity contribution is 5.78. The van der Waals surface area contributed by atoms with Gasteiger partial charge in [0.2, 0.25) is 0 Å². The number of esters is 1. The summed E-state index contributed by atoms with van der Waals surface area (Å²) < 4.78 is 10.8. The van der Waals surface area contributed by atoms with E-state index in [9.17, 15) is 9.90 Å². The lowest BCUT2D eigenvalue weighted by Crippen LogP contribution is -2.21. The van der Waals surface area contributed by atoms with Crippen LogP contribution in [0, 0.1) is 0 Å². The first-order valence-corrected chi connectivity index (χ1v) is 6.93. The van der Waals surface area contributed by atoms with E-state index < -0.39 is 0 Å². The number of rotatable bonds is 3. The Morgan fingerprint density at radius 2 is 2.00 bits per heavy atom. The van der Waals surface area contributed by atoms with E-state index >= 15 is 0 Å². The molecule has 0 unspecified atom stereocenters. The van der Waals surface area contributed by atoms with Gasteiger partial charge in [0.1, 0.15) is 17.2 Å². The van der Waals surface area contributed by atoms with E-state index in [0.29, 0.717) is 24.5 Å². The predicted molar refractivity (Wildman–Crippen MR) is 77.8 cm³/mol. The van der Waals surface area contributed by atoms with Crippen molar-refractivity contribution in [1.29, 1.82) is 0 Å². The Balaban J connectivity index is 2.01. The van der Waals surface area contributed by atoms with Crippen molar-refractivity contribution in [3.63, 3.8) is 0 Å². The van der Waals surface area contributed by atoms with Gasteiger partial charge < -0.3 is 14.6 Å². The molecule has 4 heteroatoms. The number of aromatic hydroxyl groups is 1. The Hall–Kier alpha value is -2.49. The Morgan fingerprint density at radius 3 is 2.71 bits per heavy atom. The monoisotopic (exact) mass is 284 g/mol. The van der Waals surface area contributed by atoms with Crippen molar-refractivity contribution < 1.29 is 19.4 Å². The van der Waals surface area contributed by atoms with E-state index in [1.807, 2.05) is 31.2 Å². The maximum atomic E-state index is 11.8. The van der Waals surface area contributed by atoms with Gasteiger partial charge in [-0.3, -0.25) is 4.79 Å². The third-order valence-electron chi connectivity index (χ3n) is 3.56. The minimum atomic E-state index is -0.255. The van der Waals surface area contributed by atoms with Crippen molar-refractivity contribution in [3.8, 4) is 17.2 Å². The van der Waals surface area contributed by atoms with E-state index in [1.54, 1.807) is 18.2 Å². The average Bonchev–Trinajstić information content (AvgIpc) is 2.47. The van der Waals surface area contributed by atoms with Crippen LogP contribution < -0.4 is 9.47 Å². The molecule has 2 aromatic rings. The average molecular weight is 284 g/mol. The Kier molecular flexibility index (Phi) is 3.52. The third-order valence-corrected chi connectivity index (χ3v) is 3.56. The molecule has 0 saturated carbocycles. The van der Waals surface area contributed by atoms with Crippen molar-refractivity contribution in [2.75, 3.05) is 6.61 Å². The van der Waals surface area contributed by atoms with E-state index in [-0.39, 0.29) is 17.6 Å². The summed E-state index contributed by atoms with van der Waals surface area (Å²) in [6.07, 6.45) is 0.297. The number of carbonyl (C=O) groups excluding carboxylic acids is 1. The van der Waals surface area contributed by atoms with Crippen LogP contribution in [0.5, 0.6) is 17.2 Å². The zero-order valence-corrected chi connectivity index (χ0v) is 11.7. The van der Waals surface area contributed by atoms with E-state index in [2.05, 4.69) is 0 Å². The van der Waals surface area contributed by atoms with Crippen LogP contribution in [0.15, 0.2) is 42.5 Å². The van der Waals surface area contributed by atoms with Gasteiger partial charge in [-0.25, -0.2) is 0 Å². The summed E-state index contributed by atoms with van der Waals surface area (Å²) in [6.45, 7) is 2.47. The summed E-state index contributed by atoms with van der Waals surface area (Å²) in [6, 6.07) is 12.5. The number of ether oxygens (including phenoxy) is 2. The largest absolute Gasteiger partial charge is 0.508 e. The number of carbonyl (C=O) groups is 1. The molecule has 1 aliphatic heterocycles. The summed E-state index contributed by atoms with van der Waals surface area (Å²) in [5.41, 5.74) is 1.94. The lowest BCUT2D eigenvalue weighted by atomic mass is 9.86. The van der Waals surface area contributed by atoms with Crippen molar-refractivity contribution >= 4 is 5.97 Å². The van der Waals surface area contributed by atoms with Crippen LogP contribution in [0.4, 0.5) is 0 Å². The highest BCUT2D eigenvalue weighted by atomic mass is 16.5. The summed E-state index contributed by atoms with van der Waals surface area (Å²) >= 11 is 0. The van der Waals surface area contributed by atoms with Crippen LogP contribution in [-0.2, 0) is 4.79 Å². The van der Waals surface area contributed by atoms with Gasteiger partial charge in [0.05, 0.1) is 13.0 Å². The van der Waals surface area contributed by atoms with Gasteiger partial charge in [0.15, 0.2) is 0 Å². The Morgan fingerprint density at radius 1 is 1.24 bits per heavy atom. The number of hydrogen-bond donors (Lipinski definition) is 1. The predicted octanol–water partition coefficient (Wildman–Crippen LogP) is 3.23. The quantitative estimate of drug-likeness (QED) is 0.694. The maximum Gasteiger partial charge on any atom is 0.312 e. The second-order valence-corrected chi connectivity index (χ2v) is 4.95. The van der Waals surface area contributed by atoms with Crippen LogP contribution in [0.1, 0.15) is 30.4 Å². The van der Waals surface area contributed by atoms with Crippen LogP contribution in [-0.4, -0.2) is 17.7 Å². The first-order valence-electron chi connectivity index (χ1n) is 6.93. The summed E-state index contributed by atoms with van der Waals surface area (Å²) in [4.78, 5) is 11.8. The Labute approximate surface area is 122 Å². The van der Waals surface area contributed by atoms with Gasteiger partial charge >= 0.3 is 5.97 Å². The van der Waals surface area contributed by atoms with Crippen LogP contribution in [0.2, 0.25) is 0 Å². The normalized spacial score (nSPS) is 17.0. The molecule has 0 aliphatic carbocycles. The lowest BCUT2D eigenvalue weighted by Gasteiger charge is -2.25. The SMILES string of the molecule is CCOc1ccc2c(c1)OC(=O)C[C@@H]2c1ccc(O)cc1. The van der Waals surface area contributed by atoms with Crippen molar-refractivity contribution in [2.45, 2.75) is 19.3 Å². The topological polar surface area (TPSA) is 55.8 Å². The van der Waals surface area contributed by atoms with Crippen LogP contribution in [0.25, 0.3) is 0 Å². The number of hydrogen-bond acceptors (Lipinski definition) is 4. The van der Waals surface area contributed by atoms with Gasteiger partial charge in [-0.2, -0.15) is 0 Å². The molecule has 4 nitrogen and oxygen atoms in total. The number of phenols is 1. The standard InChI is InChI=1S/C17H16O4/c1-2-20-13-7-8-14-15(10-17(19)21-16(14)9-13)11-3-5-12(18)6-4-11/h3-9,15,18H,2,10H2,1H3/t15-/m1/s1. The van der Waals surface area contributed by atoms with Crippen molar-refractivity contribution in [2.24, 2.45) is 0 Å². The molecule has 0 amide bonds. The number of fused-ring (bicyclic) bond motifs is 1. The van der Waals surface area contributed by atoms with Crippen molar-refractivity contribution in [3.05, 3.63) is 53.6 Å². The summed E-state index contributed by atoms with van der Waals surface area (Å²) in [7, 11) is 0. The zero-order valence-electron chi connectivity index (χ0n) is 11.7. The molecular weight excluding hydrogens is 268 g/mol. The fourth-order valence-electron chi connectivity index (χ4n) is 2.59. The molecule has 0 spiro atoms. The second-order valence-electron chi connectivity index (χ2n) is 4.95. The molecule has 0 saturated heterocycles. The van der Waals surface area contributed by atoms with E-state index in [1.165, 1.54) is 0 Å². The van der Waals surface area contributed by atoms with Gasteiger partial charge in [-0.15, -0.1) is 0 Å². The Bertz CT molecular complexity index is 661. The second kappa shape index (κ2) is 5.48. The van der Waals surface area contributed by atoms with Gasteiger partial charge in [-0.1, -0.05) is 18.2 Å². The summed E-state index contributed by atoms with van der Waals surface area (Å²) in [5, 5.41) is 9.39. The minimum absolute atomic E-state index is 0.0578. The van der Waals surface area contributed by atoms with Gasteiger partial charge in [0.25, 0.3) is 0 Å². The fourth-order valence-corrected chi connectivity index (χ4v) is 2.59. The number of phenolic OH excluding ortho intramolecular Hbond substituents is 1. The highest BCUT2D eigenvalue weighted by Crippen LogP contribution is 2.40. The molecule has 0 radical (unpaired) electrons. The molecular formula is C17H16O4. The van der Waals surface area contributed by atoms with Gasteiger partial charge in [0, 0.05) is 17.5 Å². The molecule has 3 rings (SSSR count). The van der Waals surface area contributed by atoms with E-state index in [0.717, 1.165) is 11.1 Å². The highest BCUT2D eigenvalue weighted by Gasteiger charge is 2.28. The van der Waals surface area contributed by atoms with Gasteiger partial charge in [-0.05, 0) is 30.7 Å². The molecule has 0 aromatic heterocycles. The first kappa shape index (κ1) is 13.5. The molecule has 2 aromatic carbocycles. The molecule has 1 N–H and O–H groups in total. The molecule has 0 fully saturated rings. The molecule has 1 heterocycles. The molecule has 21 heavy (non-hydrogen) atoms. The molecule has 0 bridgehead atoms. The molecule has 1 aliphatic rings. The molecule has 1 atom stereocenters. The fraction of sp³-hybridized carbons (Fsp3) is 0.235. The smallest absolute Gasteiger partial charge is 0.312 e. The maximum absolute atomic E-state index is 11.8. The van der Waals surface area contributed by atoms with Crippen LogP contribution in [0.3, 0.4) is 0 Å². The third kappa shape index (κ3) is 2.70. The number of benzene rings is 2. The zero-order chi connectivity index (χ0) is 14.8. The summed E-state index contributed by atoms with van der Waals surface area (Å²) in [5.74, 6) is 1.14. The minimum Gasteiger partial charge on any atom is -0.508 e. The molecule has 108 valence electrons. The van der Waals surface area contributed by atoms with E-state index in [4.69, 9.17) is 9.47 Å². The lowest BCUT2D eigenvalue weighted by molar-refractivity contribution is -0.135. The van der Waals surface area contributed by atoms with Crippen LogP contribution >= 0.6 is 0 Å². The first-order chi connectivity index (χ1) is 10.2. The van der Waals surface area contributed by atoms with Crippen molar-refractivity contribution in [1.82, 2.24) is 0 Å².